The second-order valence-electron chi connectivity index (χ2n) is 5.27. The van der Waals surface area contributed by atoms with Crippen LogP contribution in [0.25, 0.3) is 11.5 Å². The molecule has 0 aliphatic carbocycles. The van der Waals surface area contributed by atoms with Gasteiger partial charge in [0.1, 0.15) is 5.82 Å². The quantitative estimate of drug-likeness (QED) is 0.912. The molecule has 1 aliphatic heterocycles. The molecule has 3 rings (SSSR count). The Kier molecular flexibility index (Phi) is 3.78. The third-order valence-corrected chi connectivity index (χ3v) is 3.73. The van der Waals surface area contributed by atoms with Crippen molar-refractivity contribution in [3.8, 4) is 11.5 Å². The predicted octanol–water partition coefficient (Wildman–Crippen LogP) is 3.39. The number of hydrogen-bond acceptors (Lipinski definition) is 4. The Labute approximate surface area is 117 Å². The van der Waals surface area contributed by atoms with E-state index in [1.165, 1.54) is 31.4 Å². The summed E-state index contributed by atoms with van der Waals surface area (Å²) in [6, 6.07) is 4.73. The Morgan fingerprint density at radius 1 is 1.30 bits per heavy atom. The van der Waals surface area contributed by atoms with Gasteiger partial charge in [-0.1, -0.05) is 18.0 Å². The zero-order chi connectivity index (χ0) is 13.9. The Morgan fingerprint density at radius 3 is 3.05 bits per heavy atom. The van der Waals surface area contributed by atoms with Crippen molar-refractivity contribution in [2.24, 2.45) is 0 Å². The highest BCUT2D eigenvalue weighted by Crippen LogP contribution is 2.26. The molecule has 106 valence electrons. The molecule has 1 saturated heterocycles. The van der Waals surface area contributed by atoms with Crippen molar-refractivity contribution in [2.45, 2.75) is 38.6 Å². The van der Waals surface area contributed by atoms with Crippen LogP contribution >= 0.6 is 0 Å². The summed E-state index contributed by atoms with van der Waals surface area (Å²) in [7, 11) is 0. The van der Waals surface area contributed by atoms with Crippen LogP contribution < -0.4 is 5.32 Å². The van der Waals surface area contributed by atoms with Crippen LogP contribution in [0.3, 0.4) is 0 Å². The van der Waals surface area contributed by atoms with Gasteiger partial charge in [0.15, 0.2) is 5.82 Å². The van der Waals surface area contributed by atoms with Crippen molar-refractivity contribution in [1.82, 2.24) is 15.5 Å². The van der Waals surface area contributed by atoms with Crippen molar-refractivity contribution >= 4 is 0 Å². The van der Waals surface area contributed by atoms with E-state index >= 15 is 0 Å². The van der Waals surface area contributed by atoms with Gasteiger partial charge in [-0.05, 0) is 50.1 Å². The molecule has 0 radical (unpaired) electrons. The first kappa shape index (κ1) is 13.2. The van der Waals surface area contributed by atoms with Crippen molar-refractivity contribution < 1.29 is 8.91 Å². The summed E-state index contributed by atoms with van der Waals surface area (Å²) in [5.74, 6) is 0.908. The number of rotatable bonds is 2. The van der Waals surface area contributed by atoms with Crippen LogP contribution in [0.2, 0.25) is 0 Å². The maximum absolute atomic E-state index is 13.1. The molecule has 1 aromatic heterocycles. The van der Waals surface area contributed by atoms with E-state index in [9.17, 15) is 4.39 Å². The van der Waals surface area contributed by atoms with E-state index in [0.29, 0.717) is 11.7 Å². The van der Waals surface area contributed by atoms with E-state index in [4.69, 9.17) is 4.52 Å². The Bertz CT molecular complexity index is 589. The highest BCUT2D eigenvalue weighted by atomic mass is 19.1. The van der Waals surface area contributed by atoms with Crippen LogP contribution in [0.15, 0.2) is 22.7 Å². The minimum atomic E-state index is -0.253. The standard InChI is InChI=1S/C15H18FN3O/c1-10-9-11(16)6-7-12(10)15-18-14(19-20-15)13-5-3-2-4-8-17-13/h6-7,9,13,17H,2-5,8H2,1H3. The summed E-state index contributed by atoms with van der Waals surface area (Å²) >= 11 is 0. The lowest BCUT2D eigenvalue weighted by Gasteiger charge is -2.09. The number of halogens is 1. The molecule has 2 aromatic rings. The van der Waals surface area contributed by atoms with Gasteiger partial charge in [-0.15, -0.1) is 0 Å². The zero-order valence-electron chi connectivity index (χ0n) is 11.5. The van der Waals surface area contributed by atoms with Crippen LogP contribution in [-0.4, -0.2) is 16.7 Å². The second-order valence-corrected chi connectivity index (χ2v) is 5.27. The Balaban J connectivity index is 1.85. The Morgan fingerprint density at radius 2 is 2.20 bits per heavy atom. The molecular formula is C15H18FN3O. The van der Waals surface area contributed by atoms with Crippen molar-refractivity contribution in [3.63, 3.8) is 0 Å². The molecule has 0 saturated carbocycles. The molecule has 1 N–H and O–H groups in total. The average molecular weight is 275 g/mol. The third-order valence-electron chi connectivity index (χ3n) is 3.73. The lowest BCUT2D eigenvalue weighted by Crippen LogP contribution is -2.21. The van der Waals surface area contributed by atoms with E-state index < -0.39 is 0 Å². The molecule has 1 unspecified atom stereocenters. The van der Waals surface area contributed by atoms with Gasteiger partial charge < -0.3 is 9.84 Å². The zero-order valence-corrected chi connectivity index (χ0v) is 11.5. The van der Waals surface area contributed by atoms with Gasteiger partial charge in [-0.25, -0.2) is 4.39 Å². The normalized spacial score (nSPS) is 19.8. The molecular weight excluding hydrogens is 257 g/mol. The van der Waals surface area contributed by atoms with Gasteiger partial charge in [0.05, 0.1) is 6.04 Å². The maximum atomic E-state index is 13.1. The number of benzene rings is 1. The molecule has 4 nitrogen and oxygen atoms in total. The first-order chi connectivity index (χ1) is 9.74. The highest BCUT2D eigenvalue weighted by molar-refractivity contribution is 5.57. The fraction of sp³-hybridized carbons (Fsp3) is 0.467. The summed E-state index contributed by atoms with van der Waals surface area (Å²) in [5, 5.41) is 7.52. The largest absolute Gasteiger partial charge is 0.334 e. The summed E-state index contributed by atoms with van der Waals surface area (Å²) in [6.45, 7) is 2.83. The van der Waals surface area contributed by atoms with Gasteiger partial charge in [0.2, 0.25) is 0 Å². The van der Waals surface area contributed by atoms with Gasteiger partial charge >= 0.3 is 0 Å². The molecule has 1 fully saturated rings. The molecule has 0 bridgehead atoms. The average Bonchev–Trinajstić information content (AvgIpc) is 2.74. The topological polar surface area (TPSA) is 51.0 Å². The van der Waals surface area contributed by atoms with E-state index in [0.717, 1.165) is 24.1 Å². The third kappa shape index (κ3) is 2.72. The van der Waals surface area contributed by atoms with Crippen molar-refractivity contribution in [2.75, 3.05) is 6.54 Å². The van der Waals surface area contributed by atoms with E-state index in [1.54, 1.807) is 6.07 Å². The van der Waals surface area contributed by atoms with Crippen LogP contribution in [0.4, 0.5) is 4.39 Å². The van der Waals surface area contributed by atoms with Gasteiger partial charge in [0.25, 0.3) is 5.89 Å². The summed E-state index contributed by atoms with van der Waals surface area (Å²) in [6.07, 6.45) is 4.64. The summed E-state index contributed by atoms with van der Waals surface area (Å²) < 4.78 is 18.5. The highest BCUT2D eigenvalue weighted by Gasteiger charge is 2.20. The first-order valence-corrected chi connectivity index (χ1v) is 7.07. The molecule has 1 aliphatic rings. The molecule has 20 heavy (non-hydrogen) atoms. The van der Waals surface area contributed by atoms with Crippen molar-refractivity contribution in [1.29, 1.82) is 0 Å². The van der Waals surface area contributed by atoms with Gasteiger partial charge in [0, 0.05) is 5.56 Å². The number of hydrogen-bond donors (Lipinski definition) is 1. The van der Waals surface area contributed by atoms with Crippen LogP contribution in [-0.2, 0) is 0 Å². The van der Waals surface area contributed by atoms with Crippen LogP contribution in [0.1, 0.15) is 43.1 Å². The maximum Gasteiger partial charge on any atom is 0.258 e. The van der Waals surface area contributed by atoms with Crippen LogP contribution in [0, 0.1) is 12.7 Å². The summed E-state index contributed by atoms with van der Waals surface area (Å²) in [5.41, 5.74) is 1.59. The van der Waals surface area contributed by atoms with Gasteiger partial charge in [-0.3, -0.25) is 0 Å². The Hall–Kier alpha value is -1.75. The number of nitrogens with one attached hydrogen (secondary N) is 1. The number of aromatic nitrogens is 2. The second kappa shape index (κ2) is 5.71. The van der Waals surface area contributed by atoms with E-state index in [1.807, 2.05) is 6.92 Å². The monoisotopic (exact) mass is 275 g/mol. The fourth-order valence-electron chi connectivity index (χ4n) is 2.60. The lowest BCUT2D eigenvalue weighted by molar-refractivity contribution is 0.402. The van der Waals surface area contributed by atoms with E-state index in [2.05, 4.69) is 15.5 Å². The van der Waals surface area contributed by atoms with Crippen LogP contribution in [0.5, 0.6) is 0 Å². The van der Waals surface area contributed by atoms with Gasteiger partial charge in [-0.2, -0.15) is 4.98 Å². The van der Waals surface area contributed by atoms with Crippen molar-refractivity contribution in [3.05, 3.63) is 35.4 Å². The fourth-order valence-corrected chi connectivity index (χ4v) is 2.60. The molecule has 2 heterocycles. The summed E-state index contributed by atoms with van der Waals surface area (Å²) in [4.78, 5) is 4.47. The number of aryl methyl sites for hydroxylation is 1. The number of nitrogens with zero attached hydrogens (tertiary/aromatic N) is 2. The SMILES string of the molecule is Cc1cc(F)ccc1-c1nc(C2CCCCCN2)no1. The minimum absolute atomic E-state index is 0.163. The lowest BCUT2D eigenvalue weighted by atomic mass is 10.1. The van der Waals surface area contributed by atoms with E-state index in [-0.39, 0.29) is 11.9 Å². The predicted molar refractivity (Wildman–Crippen MR) is 73.6 cm³/mol. The molecule has 0 amide bonds. The first-order valence-electron chi connectivity index (χ1n) is 7.07. The molecule has 1 aromatic carbocycles. The smallest absolute Gasteiger partial charge is 0.258 e. The molecule has 1 atom stereocenters. The minimum Gasteiger partial charge on any atom is -0.334 e. The molecule has 0 spiro atoms. The molecule has 5 heteroatoms.